The van der Waals surface area contributed by atoms with Crippen LogP contribution in [0.1, 0.15) is 6.92 Å². The first-order chi connectivity index (χ1) is 6.26. The molecule has 13 heavy (non-hydrogen) atoms. The number of rotatable bonds is 6. The minimum Gasteiger partial charge on any atom is -0.395 e. The Morgan fingerprint density at radius 3 is 2.62 bits per heavy atom. The summed E-state index contributed by atoms with van der Waals surface area (Å²) in [6.07, 6.45) is 0. The summed E-state index contributed by atoms with van der Waals surface area (Å²) in [7, 11) is 0. The monoisotopic (exact) mass is 192 g/mol. The zero-order valence-electron chi connectivity index (χ0n) is 7.69. The zero-order valence-corrected chi connectivity index (χ0v) is 7.69. The van der Waals surface area contributed by atoms with Crippen molar-refractivity contribution in [3.63, 3.8) is 0 Å². The van der Waals surface area contributed by atoms with Gasteiger partial charge in [-0.25, -0.2) is 9.86 Å². The molecule has 3 N–H and O–H groups in total. The summed E-state index contributed by atoms with van der Waals surface area (Å²) in [4.78, 5) is 16.1. The van der Waals surface area contributed by atoms with Gasteiger partial charge in [0.05, 0.1) is 26.4 Å². The number of carbonyl (C=O) groups excluding carboxylic acids is 1. The van der Waals surface area contributed by atoms with Crippen LogP contribution in [-0.4, -0.2) is 54.2 Å². The highest BCUT2D eigenvalue weighted by Gasteiger charge is 2.11. The van der Waals surface area contributed by atoms with Gasteiger partial charge in [-0.3, -0.25) is 4.84 Å². The van der Waals surface area contributed by atoms with E-state index in [1.165, 1.54) is 0 Å². The number of aliphatic hydroxyl groups excluding tert-OH is 2. The van der Waals surface area contributed by atoms with Crippen LogP contribution in [0.15, 0.2) is 0 Å². The molecule has 0 bridgehead atoms. The van der Waals surface area contributed by atoms with E-state index < -0.39 is 6.03 Å². The number of urea groups is 1. The van der Waals surface area contributed by atoms with Gasteiger partial charge in [0.1, 0.15) is 0 Å². The summed E-state index contributed by atoms with van der Waals surface area (Å²) in [6, 6.07) is -0.454. The summed E-state index contributed by atoms with van der Waals surface area (Å²) >= 11 is 0. The molecular weight excluding hydrogens is 176 g/mol. The average Bonchev–Trinajstić information content (AvgIpc) is 2.14. The van der Waals surface area contributed by atoms with Gasteiger partial charge in [-0.1, -0.05) is 0 Å². The van der Waals surface area contributed by atoms with Crippen molar-refractivity contribution in [2.75, 3.05) is 32.9 Å². The highest BCUT2D eigenvalue weighted by molar-refractivity contribution is 5.72. The van der Waals surface area contributed by atoms with Gasteiger partial charge >= 0.3 is 6.03 Å². The molecule has 2 amide bonds. The zero-order chi connectivity index (χ0) is 10.1. The molecule has 0 aromatic rings. The quantitative estimate of drug-likeness (QED) is 0.468. The van der Waals surface area contributed by atoms with Crippen molar-refractivity contribution in [1.29, 1.82) is 0 Å². The maximum Gasteiger partial charge on any atom is 0.341 e. The average molecular weight is 192 g/mol. The molecule has 0 fully saturated rings. The van der Waals surface area contributed by atoms with Crippen LogP contribution in [-0.2, 0) is 4.84 Å². The second-order valence-electron chi connectivity index (χ2n) is 2.20. The van der Waals surface area contributed by atoms with Crippen molar-refractivity contribution in [3.05, 3.63) is 0 Å². The Morgan fingerprint density at radius 2 is 2.15 bits per heavy atom. The smallest absolute Gasteiger partial charge is 0.341 e. The Hall–Kier alpha value is -0.850. The molecule has 6 nitrogen and oxygen atoms in total. The van der Waals surface area contributed by atoms with Gasteiger partial charge in [-0.15, -0.1) is 0 Å². The Morgan fingerprint density at radius 1 is 1.46 bits per heavy atom. The number of carbonyl (C=O) groups is 1. The van der Waals surface area contributed by atoms with E-state index in [9.17, 15) is 4.79 Å². The highest BCUT2D eigenvalue weighted by Crippen LogP contribution is 1.90. The van der Waals surface area contributed by atoms with E-state index in [0.29, 0.717) is 6.61 Å². The molecule has 78 valence electrons. The van der Waals surface area contributed by atoms with Crippen molar-refractivity contribution in [2.24, 2.45) is 0 Å². The Labute approximate surface area is 77.1 Å². The number of hydrogen-bond donors (Lipinski definition) is 3. The van der Waals surface area contributed by atoms with Crippen LogP contribution in [0.25, 0.3) is 0 Å². The van der Waals surface area contributed by atoms with Crippen LogP contribution < -0.4 is 5.32 Å². The maximum atomic E-state index is 11.1. The molecule has 0 rings (SSSR count). The van der Waals surface area contributed by atoms with Crippen molar-refractivity contribution >= 4 is 6.03 Å². The van der Waals surface area contributed by atoms with Gasteiger partial charge in [0.2, 0.25) is 0 Å². The second-order valence-corrected chi connectivity index (χ2v) is 2.20. The van der Waals surface area contributed by atoms with Gasteiger partial charge in [0.25, 0.3) is 0 Å². The number of aliphatic hydroxyl groups is 2. The topological polar surface area (TPSA) is 82.0 Å². The van der Waals surface area contributed by atoms with E-state index in [4.69, 9.17) is 15.1 Å². The lowest BCUT2D eigenvalue weighted by Gasteiger charge is -2.20. The molecular formula is C7H16N2O4. The van der Waals surface area contributed by atoms with E-state index in [1.807, 2.05) is 0 Å². The molecule has 0 aliphatic carbocycles. The van der Waals surface area contributed by atoms with Crippen LogP contribution in [0.2, 0.25) is 0 Å². The molecule has 0 aromatic heterocycles. The summed E-state index contributed by atoms with van der Waals surface area (Å²) in [5, 5.41) is 20.4. The molecule has 0 aliphatic rings. The number of hydroxylamine groups is 2. The standard InChI is InChI=1S/C7H16N2O4/c1-2-13-9(4-6-11)7(12)8-3-5-10/h10-11H,2-6H2,1H3,(H,8,12). The summed E-state index contributed by atoms with van der Waals surface area (Å²) in [5.74, 6) is 0. The lowest BCUT2D eigenvalue weighted by molar-refractivity contribution is -0.117. The van der Waals surface area contributed by atoms with Crippen molar-refractivity contribution in [2.45, 2.75) is 6.92 Å². The van der Waals surface area contributed by atoms with Crippen LogP contribution in [0.4, 0.5) is 4.79 Å². The Bertz CT molecular complexity index is 136. The Kier molecular flexibility index (Phi) is 7.27. The third-order valence-corrected chi connectivity index (χ3v) is 1.20. The van der Waals surface area contributed by atoms with E-state index >= 15 is 0 Å². The number of nitrogens with one attached hydrogen (secondary N) is 1. The minimum atomic E-state index is -0.454. The predicted molar refractivity (Wildman–Crippen MR) is 45.9 cm³/mol. The minimum absolute atomic E-state index is 0.116. The fourth-order valence-electron chi connectivity index (χ4n) is 0.722. The molecule has 0 radical (unpaired) electrons. The van der Waals surface area contributed by atoms with Gasteiger partial charge in [0, 0.05) is 6.54 Å². The number of nitrogens with zero attached hydrogens (tertiary/aromatic N) is 1. The molecule has 0 saturated carbocycles. The fraction of sp³-hybridized carbons (Fsp3) is 0.857. The fourth-order valence-corrected chi connectivity index (χ4v) is 0.722. The molecule has 0 heterocycles. The third kappa shape index (κ3) is 5.40. The van der Waals surface area contributed by atoms with Gasteiger partial charge in [-0.05, 0) is 6.92 Å². The molecule has 0 aromatic carbocycles. The third-order valence-electron chi connectivity index (χ3n) is 1.20. The van der Waals surface area contributed by atoms with Crippen LogP contribution in [0, 0.1) is 0 Å². The second kappa shape index (κ2) is 7.78. The van der Waals surface area contributed by atoms with Crippen LogP contribution >= 0.6 is 0 Å². The van der Waals surface area contributed by atoms with E-state index in [1.54, 1.807) is 6.92 Å². The van der Waals surface area contributed by atoms with Crippen LogP contribution in [0.5, 0.6) is 0 Å². The molecule has 6 heteroatoms. The predicted octanol–water partition coefficient (Wildman–Crippen LogP) is -1.07. The van der Waals surface area contributed by atoms with Gasteiger partial charge < -0.3 is 15.5 Å². The molecule has 0 aliphatic heterocycles. The highest BCUT2D eigenvalue weighted by atomic mass is 16.7. The SMILES string of the molecule is CCON(CCO)C(=O)NCCO. The molecule has 0 saturated heterocycles. The molecule has 0 unspecified atom stereocenters. The van der Waals surface area contributed by atoms with E-state index in [-0.39, 0.29) is 26.3 Å². The summed E-state index contributed by atoms with van der Waals surface area (Å²) in [5.41, 5.74) is 0. The normalized spacial score (nSPS) is 9.77. The largest absolute Gasteiger partial charge is 0.395 e. The lowest BCUT2D eigenvalue weighted by Crippen LogP contribution is -2.42. The lowest BCUT2D eigenvalue weighted by atomic mass is 10.6. The van der Waals surface area contributed by atoms with Crippen LogP contribution in [0.3, 0.4) is 0 Å². The number of hydrogen-bond acceptors (Lipinski definition) is 4. The first kappa shape index (κ1) is 12.2. The first-order valence-corrected chi connectivity index (χ1v) is 4.16. The molecule has 0 spiro atoms. The van der Waals surface area contributed by atoms with E-state index in [0.717, 1.165) is 5.06 Å². The number of amides is 2. The van der Waals surface area contributed by atoms with Gasteiger partial charge in [0.15, 0.2) is 0 Å². The Balaban J connectivity index is 3.80. The van der Waals surface area contributed by atoms with E-state index in [2.05, 4.69) is 5.32 Å². The molecule has 0 atom stereocenters. The van der Waals surface area contributed by atoms with Crippen molar-refractivity contribution < 1.29 is 19.8 Å². The van der Waals surface area contributed by atoms with Gasteiger partial charge in [-0.2, -0.15) is 0 Å². The maximum absolute atomic E-state index is 11.1. The van der Waals surface area contributed by atoms with Crippen molar-refractivity contribution in [3.8, 4) is 0 Å². The van der Waals surface area contributed by atoms with Crippen molar-refractivity contribution in [1.82, 2.24) is 10.4 Å². The summed E-state index contributed by atoms with van der Waals surface area (Å²) in [6.45, 7) is 2.10. The summed E-state index contributed by atoms with van der Waals surface area (Å²) < 4.78 is 0. The first-order valence-electron chi connectivity index (χ1n) is 4.16.